The monoisotopic (exact) mass is 297 g/mol. The zero-order chi connectivity index (χ0) is 15.5. The van der Waals surface area contributed by atoms with Gasteiger partial charge in [0.1, 0.15) is 5.75 Å². The molecule has 3 aromatic rings. The number of fused-ring (bicyclic) bond motifs is 1. The van der Waals surface area contributed by atoms with E-state index < -0.39 is 4.92 Å². The molecule has 22 heavy (non-hydrogen) atoms. The standard InChI is InChI=1S/C14H11N5O3/c20-13-6-5-10(19(21)22)7-9(13)8-15-18-14-16-11-3-1-2-4-12(11)17-14/h1-8,20H,(H2,16,17,18)/b15-8+. The Morgan fingerprint density at radius 1 is 1.32 bits per heavy atom. The minimum atomic E-state index is -0.538. The van der Waals surface area contributed by atoms with Crippen LogP contribution in [-0.2, 0) is 0 Å². The maximum atomic E-state index is 10.7. The summed E-state index contributed by atoms with van der Waals surface area (Å²) in [5, 5.41) is 24.3. The fourth-order valence-corrected chi connectivity index (χ4v) is 1.93. The van der Waals surface area contributed by atoms with E-state index in [1.807, 2.05) is 24.3 Å². The number of non-ortho nitro benzene ring substituents is 1. The molecule has 0 atom stereocenters. The average molecular weight is 297 g/mol. The second-order valence-corrected chi connectivity index (χ2v) is 4.47. The molecule has 3 N–H and O–H groups in total. The van der Waals surface area contributed by atoms with Gasteiger partial charge in [0.15, 0.2) is 0 Å². The van der Waals surface area contributed by atoms with E-state index in [9.17, 15) is 15.2 Å². The van der Waals surface area contributed by atoms with E-state index in [1.54, 1.807) is 0 Å². The van der Waals surface area contributed by atoms with E-state index in [4.69, 9.17) is 0 Å². The smallest absolute Gasteiger partial charge is 0.270 e. The van der Waals surface area contributed by atoms with Gasteiger partial charge in [0.05, 0.1) is 22.2 Å². The first-order valence-corrected chi connectivity index (χ1v) is 6.35. The maximum absolute atomic E-state index is 10.7. The van der Waals surface area contributed by atoms with Crippen LogP contribution in [0.5, 0.6) is 5.75 Å². The van der Waals surface area contributed by atoms with Crippen LogP contribution in [-0.4, -0.2) is 26.2 Å². The van der Waals surface area contributed by atoms with Crippen molar-refractivity contribution in [1.29, 1.82) is 0 Å². The number of phenols is 1. The number of hydrogen-bond donors (Lipinski definition) is 3. The number of anilines is 1. The fourth-order valence-electron chi connectivity index (χ4n) is 1.93. The lowest BCUT2D eigenvalue weighted by molar-refractivity contribution is -0.384. The van der Waals surface area contributed by atoms with Crippen LogP contribution >= 0.6 is 0 Å². The number of aromatic nitrogens is 2. The summed E-state index contributed by atoms with van der Waals surface area (Å²) in [6.45, 7) is 0. The van der Waals surface area contributed by atoms with Crippen molar-refractivity contribution in [2.45, 2.75) is 0 Å². The molecule has 3 rings (SSSR count). The quantitative estimate of drug-likeness (QED) is 0.389. The molecule has 1 heterocycles. The van der Waals surface area contributed by atoms with Gasteiger partial charge in [-0.1, -0.05) is 12.1 Å². The third-order valence-electron chi connectivity index (χ3n) is 2.99. The minimum Gasteiger partial charge on any atom is -0.507 e. The van der Waals surface area contributed by atoms with Gasteiger partial charge in [0.2, 0.25) is 5.95 Å². The molecule has 0 fully saturated rings. The molecule has 0 amide bonds. The van der Waals surface area contributed by atoms with Gasteiger partial charge in [0, 0.05) is 17.7 Å². The topological polar surface area (TPSA) is 116 Å². The van der Waals surface area contributed by atoms with E-state index in [0.717, 1.165) is 11.0 Å². The number of nitro groups is 1. The maximum Gasteiger partial charge on any atom is 0.270 e. The van der Waals surface area contributed by atoms with Gasteiger partial charge in [0.25, 0.3) is 5.69 Å². The molecule has 0 saturated heterocycles. The van der Waals surface area contributed by atoms with Crippen LogP contribution in [0, 0.1) is 10.1 Å². The lowest BCUT2D eigenvalue weighted by Crippen LogP contribution is -1.94. The predicted molar refractivity (Wildman–Crippen MR) is 82.1 cm³/mol. The Hall–Kier alpha value is -3.42. The largest absolute Gasteiger partial charge is 0.507 e. The minimum absolute atomic E-state index is 0.0965. The van der Waals surface area contributed by atoms with Gasteiger partial charge in [-0.2, -0.15) is 5.10 Å². The summed E-state index contributed by atoms with van der Waals surface area (Å²) in [6.07, 6.45) is 1.29. The summed E-state index contributed by atoms with van der Waals surface area (Å²) in [5.41, 5.74) is 4.44. The molecule has 0 bridgehead atoms. The van der Waals surface area contributed by atoms with Gasteiger partial charge in [-0.05, 0) is 18.2 Å². The predicted octanol–water partition coefficient (Wildman–Crippen LogP) is 2.62. The number of aromatic hydroxyl groups is 1. The van der Waals surface area contributed by atoms with Crippen LogP contribution in [0.25, 0.3) is 11.0 Å². The van der Waals surface area contributed by atoms with Gasteiger partial charge in [-0.15, -0.1) is 0 Å². The highest BCUT2D eigenvalue weighted by molar-refractivity contribution is 5.85. The van der Waals surface area contributed by atoms with Gasteiger partial charge < -0.3 is 10.1 Å². The lowest BCUT2D eigenvalue weighted by atomic mass is 10.2. The normalized spacial score (nSPS) is 11.1. The SMILES string of the molecule is O=[N+]([O-])c1ccc(O)c(/C=N/Nc2nc3ccccc3[nH]2)c1. The molecule has 0 saturated carbocycles. The van der Waals surface area contributed by atoms with Crippen molar-refractivity contribution in [2.24, 2.45) is 5.10 Å². The number of para-hydroxylation sites is 2. The molecule has 0 unspecified atom stereocenters. The van der Waals surface area contributed by atoms with Crippen molar-refractivity contribution in [2.75, 3.05) is 5.43 Å². The molecule has 0 aliphatic heterocycles. The van der Waals surface area contributed by atoms with Crippen molar-refractivity contribution < 1.29 is 10.0 Å². The summed E-state index contributed by atoms with van der Waals surface area (Å²) >= 11 is 0. The Morgan fingerprint density at radius 3 is 2.91 bits per heavy atom. The lowest BCUT2D eigenvalue weighted by Gasteiger charge is -1.98. The first kappa shape index (κ1) is 13.6. The number of H-pyrrole nitrogens is 1. The van der Waals surface area contributed by atoms with Crippen molar-refractivity contribution >= 4 is 28.9 Å². The molecule has 2 aromatic carbocycles. The van der Waals surface area contributed by atoms with Gasteiger partial charge in [-0.3, -0.25) is 10.1 Å². The number of hydrogen-bond acceptors (Lipinski definition) is 6. The highest BCUT2D eigenvalue weighted by Crippen LogP contribution is 2.21. The molecule has 8 heteroatoms. The van der Waals surface area contributed by atoms with E-state index >= 15 is 0 Å². The Morgan fingerprint density at radius 2 is 2.14 bits per heavy atom. The first-order valence-electron chi connectivity index (χ1n) is 6.35. The number of nitro benzene ring substituents is 1. The number of nitrogens with zero attached hydrogens (tertiary/aromatic N) is 3. The number of rotatable bonds is 4. The number of nitrogens with one attached hydrogen (secondary N) is 2. The summed E-state index contributed by atoms with van der Waals surface area (Å²) in [5.74, 6) is 0.336. The zero-order valence-corrected chi connectivity index (χ0v) is 11.2. The molecule has 1 aromatic heterocycles. The number of imidazole rings is 1. The third-order valence-corrected chi connectivity index (χ3v) is 2.99. The van der Waals surface area contributed by atoms with Crippen molar-refractivity contribution in [3.05, 3.63) is 58.1 Å². The van der Waals surface area contributed by atoms with Crippen LogP contribution in [0.1, 0.15) is 5.56 Å². The van der Waals surface area contributed by atoms with Crippen LogP contribution in [0.3, 0.4) is 0 Å². The van der Waals surface area contributed by atoms with Crippen LogP contribution in [0.4, 0.5) is 11.6 Å². The van der Waals surface area contributed by atoms with E-state index in [-0.39, 0.29) is 17.0 Å². The molecular weight excluding hydrogens is 286 g/mol. The van der Waals surface area contributed by atoms with Crippen LogP contribution in [0.2, 0.25) is 0 Å². The van der Waals surface area contributed by atoms with Crippen LogP contribution in [0.15, 0.2) is 47.6 Å². The van der Waals surface area contributed by atoms with E-state index in [0.29, 0.717) is 5.95 Å². The van der Waals surface area contributed by atoms with Crippen molar-refractivity contribution in [3.8, 4) is 5.75 Å². The molecule has 0 aliphatic carbocycles. The van der Waals surface area contributed by atoms with E-state index in [1.165, 1.54) is 24.4 Å². The molecule has 8 nitrogen and oxygen atoms in total. The van der Waals surface area contributed by atoms with Crippen molar-refractivity contribution in [3.63, 3.8) is 0 Å². The third kappa shape index (κ3) is 2.70. The summed E-state index contributed by atoms with van der Waals surface area (Å²) < 4.78 is 0. The van der Waals surface area contributed by atoms with Gasteiger partial charge >= 0.3 is 0 Å². The number of benzene rings is 2. The summed E-state index contributed by atoms with van der Waals surface area (Å²) in [7, 11) is 0. The second-order valence-electron chi connectivity index (χ2n) is 4.47. The molecule has 110 valence electrons. The fraction of sp³-hybridized carbons (Fsp3) is 0. The number of phenolic OH excluding ortho intramolecular Hbond substituents is 1. The molecular formula is C14H11N5O3. The average Bonchev–Trinajstić information content (AvgIpc) is 2.91. The Bertz CT molecular complexity index is 839. The molecule has 0 aliphatic rings. The zero-order valence-electron chi connectivity index (χ0n) is 11.2. The molecule has 0 spiro atoms. The van der Waals surface area contributed by atoms with Gasteiger partial charge in [-0.25, -0.2) is 10.4 Å². The van der Waals surface area contributed by atoms with Crippen molar-refractivity contribution in [1.82, 2.24) is 9.97 Å². The number of aromatic amines is 1. The van der Waals surface area contributed by atoms with Crippen LogP contribution < -0.4 is 5.43 Å². The highest BCUT2D eigenvalue weighted by atomic mass is 16.6. The Balaban J connectivity index is 1.79. The molecule has 0 radical (unpaired) electrons. The highest BCUT2D eigenvalue weighted by Gasteiger charge is 2.08. The summed E-state index contributed by atoms with van der Waals surface area (Å²) in [6, 6.07) is 11.2. The number of hydrazone groups is 1. The second kappa shape index (κ2) is 5.52. The Labute approximate surface area is 124 Å². The summed E-state index contributed by atoms with van der Waals surface area (Å²) in [4.78, 5) is 17.5. The Kier molecular flexibility index (Phi) is 3.40. The van der Waals surface area contributed by atoms with E-state index in [2.05, 4.69) is 20.5 Å². The first-order chi connectivity index (χ1) is 10.6.